The zero-order valence-electron chi connectivity index (χ0n) is 13.0. The zero-order valence-corrected chi connectivity index (χ0v) is 13.8. The van der Waals surface area contributed by atoms with Crippen LogP contribution in [0.2, 0.25) is 0 Å². The number of hydrogen-bond acceptors (Lipinski definition) is 4. The predicted molar refractivity (Wildman–Crippen MR) is 90.3 cm³/mol. The minimum Gasteiger partial charge on any atom is -0.350 e. The molecule has 2 aromatic rings. The second kappa shape index (κ2) is 6.58. The number of nitrogens with zero attached hydrogens (tertiary/aromatic N) is 2. The number of rotatable bonds is 4. The van der Waals surface area contributed by atoms with Gasteiger partial charge in [-0.2, -0.15) is 0 Å². The first-order valence-corrected chi connectivity index (χ1v) is 8.52. The molecule has 1 aliphatic rings. The van der Waals surface area contributed by atoms with Crippen LogP contribution < -0.4 is 5.32 Å². The third-order valence-electron chi connectivity index (χ3n) is 4.18. The Morgan fingerprint density at radius 3 is 2.77 bits per heavy atom. The van der Waals surface area contributed by atoms with E-state index >= 15 is 0 Å². The largest absolute Gasteiger partial charge is 0.350 e. The Bertz CT molecular complexity index is 650. The van der Waals surface area contributed by atoms with Crippen molar-refractivity contribution in [2.24, 2.45) is 0 Å². The van der Waals surface area contributed by atoms with Crippen molar-refractivity contribution in [3.8, 4) is 10.6 Å². The van der Waals surface area contributed by atoms with Gasteiger partial charge >= 0.3 is 0 Å². The topological polar surface area (TPSA) is 45.2 Å². The molecule has 5 heteroatoms. The number of aromatic nitrogens is 1. The van der Waals surface area contributed by atoms with E-state index in [2.05, 4.69) is 22.2 Å². The molecule has 0 aliphatic carbocycles. The van der Waals surface area contributed by atoms with Crippen LogP contribution >= 0.6 is 11.3 Å². The monoisotopic (exact) mass is 315 g/mol. The van der Waals surface area contributed by atoms with Gasteiger partial charge < -0.3 is 10.2 Å². The minimum atomic E-state index is 0.00201. The fourth-order valence-corrected chi connectivity index (χ4v) is 3.60. The van der Waals surface area contributed by atoms with Crippen LogP contribution in [0.4, 0.5) is 0 Å². The SMILES string of the molecule is Cc1csc(-c2ccc(C(=O)NC[C@H]3CCCN3C)cc2)n1. The Hall–Kier alpha value is -1.72. The molecule has 0 radical (unpaired) electrons. The van der Waals surface area contributed by atoms with Crippen molar-refractivity contribution in [1.82, 2.24) is 15.2 Å². The quantitative estimate of drug-likeness (QED) is 0.943. The molecule has 1 N–H and O–H groups in total. The van der Waals surface area contributed by atoms with Gasteiger partial charge in [-0.15, -0.1) is 11.3 Å². The third-order valence-corrected chi connectivity index (χ3v) is 5.19. The highest BCUT2D eigenvalue weighted by Crippen LogP contribution is 2.23. The van der Waals surface area contributed by atoms with Crippen molar-refractivity contribution in [3.05, 3.63) is 40.9 Å². The van der Waals surface area contributed by atoms with E-state index in [4.69, 9.17) is 0 Å². The molecule has 1 aliphatic heterocycles. The normalized spacial score (nSPS) is 18.5. The molecule has 1 aromatic heterocycles. The molecule has 0 unspecified atom stereocenters. The van der Waals surface area contributed by atoms with Gasteiger partial charge in [0.2, 0.25) is 0 Å². The van der Waals surface area contributed by atoms with Gasteiger partial charge in [0, 0.05) is 34.8 Å². The number of likely N-dealkylation sites (N-methyl/N-ethyl adjacent to an activating group) is 1. The van der Waals surface area contributed by atoms with Crippen LogP contribution in [0.3, 0.4) is 0 Å². The summed E-state index contributed by atoms with van der Waals surface area (Å²) < 4.78 is 0. The third kappa shape index (κ3) is 3.36. The summed E-state index contributed by atoms with van der Waals surface area (Å²) in [7, 11) is 2.12. The number of nitrogens with one attached hydrogen (secondary N) is 1. The molecule has 1 atom stereocenters. The molecule has 0 spiro atoms. The number of carbonyl (C=O) groups is 1. The lowest BCUT2D eigenvalue weighted by atomic mass is 10.1. The lowest BCUT2D eigenvalue weighted by Gasteiger charge is -2.19. The van der Waals surface area contributed by atoms with Gasteiger partial charge in [0.25, 0.3) is 5.91 Å². The summed E-state index contributed by atoms with van der Waals surface area (Å²) in [5.74, 6) is 0.00201. The number of hydrogen-bond donors (Lipinski definition) is 1. The summed E-state index contributed by atoms with van der Waals surface area (Å²) in [6.07, 6.45) is 2.39. The van der Waals surface area contributed by atoms with E-state index < -0.39 is 0 Å². The molecule has 1 fully saturated rings. The van der Waals surface area contributed by atoms with Crippen molar-refractivity contribution >= 4 is 17.2 Å². The maximum Gasteiger partial charge on any atom is 0.251 e. The molecule has 4 nitrogen and oxygen atoms in total. The van der Waals surface area contributed by atoms with Gasteiger partial charge in [0.15, 0.2) is 0 Å². The lowest BCUT2D eigenvalue weighted by Crippen LogP contribution is -2.38. The van der Waals surface area contributed by atoms with Gasteiger partial charge in [0.1, 0.15) is 5.01 Å². The van der Waals surface area contributed by atoms with E-state index in [0.717, 1.165) is 29.4 Å². The number of carbonyl (C=O) groups excluding carboxylic acids is 1. The number of benzene rings is 1. The molecular weight excluding hydrogens is 294 g/mol. The molecule has 2 heterocycles. The van der Waals surface area contributed by atoms with Crippen molar-refractivity contribution < 1.29 is 4.79 Å². The van der Waals surface area contributed by atoms with E-state index in [1.807, 2.05) is 36.6 Å². The van der Waals surface area contributed by atoms with Gasteiger partial charge in [-0.3, -0.25) is 4.79 Å². The van der Waals surface area contributed by atoms with Crippen LogP contribution in [-0.2, 0) is 0 Å². The van der Waals surface area contributed by atoms with Crippen molar-refractivity contribution in [3.63, 3.8) is 0 Å². The molecule has 22 heavy (non-hydrogen) atoms. The number of thiazole rings is 1. The molecule has 1 amide bonds. The molecular formula is C17H21N3OS. The highest BCUT2D eigenvalue weighted by atomic mass is 32.1. The van der Waals surface area contributed by atoms with Gasteiger partial charge in [-0.05, 0) is 45.5 Å². The lowest BCUT2D eigenvalue weighted by molar-refractivity contribution is 0.0943. The fraction of sp³-hybridized carbons (Fsp3) is 0.412. The summed E-state index contributed by atoms with van der Waals surface area (Å²) in [4.78, 5) is 19.0. The minimum absolute atomic E-state index is 0.00201. The van der Waals surface area contributed by atoms with Crippen molar-refractivity contribution in [2.45, 2.75) is 25.8 Å². The summed E-state index contributed by atoms with van der Waals surface area (Å²) in [6, 6.07) is 8.16. The number of amides is 1. The van der Waals surface area contributed by atoms with Crippen LogP contribution in [0.15, 0.2) is 29.6 Å². The summed E-state index contributed by atoms with van der Waals surface area (Å²) in [5.41, 5.74) is 2.80. The maximum atomic E-state index is 12.2. The first-order valence-electron chi connectivity index (χ1n) is 7.64. The van der Waals surface area contributed by atoms with E-state index in [-0.39, 0.29) is 5.91 Å². The Kier molecular flexibility index (Phi) is 4.55. The summed E-state index contributed by atoms with van der Waals surface area (Å²) in [5, 5.41) is 6.07. The van der Waals surface area contributed by atoms with E-state index in [0.29, 0.717) is 11.6 Å². The molecule has 3 rings (SSSR count). The predicted octanol–water partition coefficient (Wildman–Crippen LogP) is 2.94. The number of likely N-dealkylation sites (tertiary alicyclic amines) is 1. The smallest absolute Gasteiger partial charge is 0.251 e. The zero-order chi connectivity index (χ0) is 15.5. The molecule has 1 aromatic carbocycles. The standard InChI is InChI=1S/C17H21N3OS/c1-12-11-22-17(19-12)14-7-5-13(6-8-14)16(21)18-10-15-4-3-9-20(15)2/h5-8,11,15H,3-4,9-10H2,1-2H3,(H,18,21)/t15-/m1/s1. The molecule has 1 saturated heterocycles. The van der Waals surface area contributed by atoms with Crippen molar-refractivity contribution in [1.29, 1.82) is 0 Å². The van der Waals surface area contributed by atoms with Crippen LogP contribution in [0.25, 0.3) is 10.6 Å². The Morgan fingerprint density at radius 2 is 2.18 bits per heavy atom. The molecule has 0 bridgehead atoms. The van der Waals surface area contributed by atoms with Crippen LogP contribution in [0.5, 0.6) is 0 Å². The molecule has 116 valence electrons. The van der Waals surface area contributed by atoms with E-state index in [9.17, 15) is 4.79 Å². The Morgan fingerprint density at radius 1 is 1.41 bits per heavy atom. The maximum absolute atomic E-state index is 12.2. The highest BCUT2D eigenvalue weighted by Gasteiger charge is 2.21. The van der Waals surface area contributed by atoms with Crippen LogP contribution in [0, 0.1) is 6.92 Å². The van der Waals surface area contributed by atoms with Gasteiger partial charge in [-0.1, -0.05) is 12.1 Å². The van der Waals surface area contributed by atoms with Gasteiger partial charge in [0.05, 0.1) is 0 Å². The first-order chi connectivity index (χ1) is 10.6. The number of aryl methyl sites for hydroxylation is 1. The van der Waals surface area contributed by atoms with Gasteiger partial charge in [-0.25, -0.2) is 4.98 Å². The fourth-order valence-electron chi connectivity index (χ4n) is 2.80. The Labute approximate surface area is 135 Å². The summed E-state index contributed by atoms with van der Waals surface area (Å²) >= 11 is 1.63. The van der Waals surface area contributed by atoms with Crippen LogP contribution in [0.1, 0.15) is 28.9 Å². The Balaban J connectivity index is 1.61. The second-order valence-electron chi connectivity index (χ2n) is 5.86. The van der Waals surface area contributed by atoms with Crippen molar-refractivity contribution in [2.75, 3.05) is 20.1 Å². The average Bonchev–Trinajstić information content (AvgIpc) is 3.13. The molecule has 0 saturated carbocycles. The first kappa shape index (κ1) is 15.2. The average molecular weight is 315 g/mol. The second-order valence-corrected chi connectivity index (χ2v) is 6.72. The van der Waals surface area contributed by atoms with E-state index in [1.165, 1.54) is 12.8 Å². The van der Waals surface area contributed by atoms with Crippen LogP contribution in [-0.4, -0.2) is 42.0 Å². The highest BCUT2D eigenvalue weighted by molar-refractivity contribution is 7.13. The van der Waals surface area contributed by atoms with E-state index in [1.54, 1.807) is 11.3 Å². The summed E-state index contributed by atoms with van der Waals surface area (Å²) in [6.45, 7) is 3.84.